The molecule has 0 radical (unpaired) electrons. The van der Waals surface area contributed by atoms with Crippen LogP contribution in [0.2, 0.25) is 0 Å². The Labute approximate surface area is 81.0 Å². The Morgan fingerprint density at radius 2 is 2.17 bits per heavy atom. The smallest absolute Gasteiger partial charge is 0.185 e. The van der Waals surface area contributed by atoms with Gasteiger partial charge in [-0.3, -0.25) is 4.79 Å². The molecule has 64 valence electrons. The minimum absolute atomic E-state index is 0.00421. The maximum atomic E-state index is 11.2. The molecule has 0 spiro atoms. The third-order valence-electron chi connectivity index (χ3n) is 1.72. The third-order valence-corrected chi connectivity index (χ3v) is 1.98. The van der Waals surface area contributed by atoms with Gasteiger partial charge in [-0.2, -0.15) is 0 Å². The van der Waals surface area contributed by atoms with Crippen molar-refractivity contribution >= 4 is 21.7 Å². The van der Waals surface area contributed by atoms with Crippen molar-refractivity contribution in [2.24, 2.45) is 5.41 Å². The zero-order chi connectivity index (χ0) is 9.19. The van der Waals surface area contributed by atoms with Gasteiger partial charge in [0, 0.05) is 11.0 Å². The van der Waals surface area contributed by atoms with E-state index >= 15 is 0 Å². The monoisotopic (exact) mass is 226 g/mol. The highest BCUT2D eigenvalue weighted by Gasteiger charge is 2.18. The van der Waals surface area contributed by atoms with Gasteiger partial charge in [0.2, 0.25) is 0 Å². The second-order valence-corrected chi connectivity index (χ2v) is 3.94. The minimum atomic E-state index is -0.00421. The van der Waals surface area contributed by atoms with Gasteiger partial charge in [-0.05, 0) is 17.1 Å². The van der Waals surface area contributed by atoms with Crippen LogP contribution in [0.1, 0.15) is 13.8 Å². The number of ketones is 1. The lowest BCUT2D eigenvalue weighted by atomic mass is 9.85. The molecule has 0 saturated carbocycles. The number of carbonyl (C=O) groups excluding carboxylic acids is 1. The highest BCUT2D eigenvalue weighted by Crippen LogP contribution is 2.26. The Morgan fingerprint density at radius 3 is 2.75 bits per heavy atom. The van der Waals surface area contributed by atoms with Crippen molar-refractivity contribution in [3.63, 3.8) is 0 Å². The van der Waals surface area contributed by atoms with Gasteiger partial charge in [0.05, 0.1) is 0 Å². The number of hydrogen-bond donors (Lipinski definition) is 0. The first-order chi connectivity index (χ1) is 5.55. The fraction of sp³-hybridized carbons (Fsp3) is 0.300. The van der Waals surface area contributed by atoms with Crippen LogP contribution in [0.15, 0.2) is 34.9 Å². The second-order valence-electron chi connectivity index (χ2n) is 3.41. The molecule has 1 aliphatic carbocycles. The summed E-state index contributed by atoms with van der Waals surface area (Å²) in [6, 6.07) is 0. The van der Waals surface area contributed by atoms with Gasteiger partial charge in [0.25, 0.3) is 0 Å². The number of rotatable bonds is 1. The lowest BCUT2D eigenvalue weighted by molar-refractivity contribution is -0.111. The van der Waals surface area contributed by atoms with Crippen LogP contribution < -0.4 is 0 Å². The average molecular weight is 227 g/mol. The molecule has 1 aliphatic rings. The van der Waals surface area contributed by atoms with Crippen LogP contribution >= 0.6 is 15.9 Å². The van der Waals surface area contributed by atoms with E-state index in [0.717, 1.165) is 5.57 Å². The summed E-state index contributed by atoms with van der Waals surface area (Å²) < 4.78 is 0. The number of allylic oxidation sites excluding steroid dienone is 5. The Morgan fingerprint density at radius 1 is 1.50 bits per heavy atom. The molecule has 0 aromatic carbocycles. The van der Waals surface area contributed by atoms with E-state index in [1.54, 1.807) is 17.1 Å². The highest BCUT2D eigenvalue weighted by molar-refractivity contribution is 9.11. The standard InChI is InChI=1S/C10H11BrO/c1-10(2)5-3-9(12)8(7-10)4-6-11/h3-7H,1-2H3. The minimum Gasteiger partial charge on any atom is -0.289 e. The van der Waals surface area contributed by atoms with Gasteiger partial charge in [-0.25, -0.2) is 0 Å². The van der Waals surface area contributed by atoms with E-state index in [1.165, 1.54) is 0 Å². The van der Waals surface area contributed by atoms with Crippen molar-refractivity contribution in [1.82, 2.24) is 0 Å². The largest absolute Gasteiger partial charge is 0.289 e. The highest BCUT2D eigenvalue weighted by atomic mass is 79.9. The van der Waals surface area contributed by atoms with Gasteiger partial charge in [-0.15, -0.1) is 0 Å². The third kappa shape index (κ3) is 2.18. The van der Waals surface area contributed by atoms with Gasteiger partial charge in [0.15, 0.2) is 5.78 Å². The zero-order valence-corrected chi connectivity index (χ0v) is 8.76. The lowest BCUT2D eigenvalue weighted by Crippen LogP contribution is -2.12. The number of carbonyl (C=O) groups is 1. The molecular formula is C10H11BrO. The van der Waals surface area contributed by atoms with Gasteiger partial charge < -0.3 is 0 Å². The Kier molecular flexibility index (Phi) is 2.68. The molecule has 0 saturated heterocycles. The van der Waals surface area contributed by atoms with E-state index in [0.29, 0.717) is 0 Å². The van der Waals surface area contributed by atoms with Crippen LogP contribution in [0.3, 0.4) is 0 Å². The molecule has 1 nitrogen and oxygen atoms in total. The molecule has 12 heavy (non-hydrogen) atoms. The molecule has 1 rings (SSSR count). The molecule has 0 heterocycles. The summed E-state index contributed by atoms with van der Waals surface area (Å²) in [5, 5.41) is 0. The van der Waals surface area contributed by atoms with Gasteiger partial charge in [0.1, 0.15) is 0 Å². The number of halogens is 1. The molecule has 0 atom stereocenters. The first kappa shape index (κ1) is 9.46. The summed E-state index contributed by atoms with van der Waals surface area (Å²) in [7, 11) is 0. The van der Waals surface area contributed by atoms with E-state index in [1.807, 2.05) is 12.2 Å². The fourth-order valence-electron chi connectivity index (χ4n) is 1.10. The molecular weight excluding hydrogens is 216 g/mol. The van der Waals surface area contributed by atoms with Crippen molar-refractivity contribution in [3.8, 4) is 0 Å². The molecule has 0 aliphatic heterocycles. The molecule has 0 aromatic heterocycles. The predicted octanol–water partition coefficient (Wildman–Crippen LogP) is 2.99. The van der Waals surface area contributed by atoms with E-state index in [9.17, 15) is 4.79 Å². The van der Waals surface area contributed by atoms with Crippen LogP contribution in [0, 0.1) is 5.41 Å². The molecule has 0 bridgehead atoms. The van der Waals surface area contributed by atoms with Crippen molar-refractivity contribution in [2.75, 3.05) is 0 Å². The summed E-state index contributed by atoms with van der Waals surface area (Å²) >= 11 is 3.15. The van der Waals surface area contributed by atoms with E-state index in [4.69, 9.17) is 0 Å². The fourth-order valence-corrected chi connectivity index (χ4v) is 1.39. The van der Waals surface area contributed by atoms with Crippen LogP contribution in [-0.2, 0) is 4.79 Å². The second kappa shape index (κ2) is 3.40. The van der Waals surface area contributed by atoms with E-state index < -0.39 is 0 Å². The van der Waals surface area contributed by atoms with Crippen molar-refractivity contribution in [1.29, 1.82) is 0 Å². The summed E-state index contributed by atoms with van der Waals surface area (Å²) in [6.07, 6.45) is 7.28. The van der Waals surface area contributed by atoms with Crippen molar-refractivity contribution in [3.05, 3.63) is 34.9 Å². The zero-order valence-electron chi connectivity index (χ0n) is 7.17. The first-order valence-electron chi connectivity index (χ1n) is 3.78. The Bertz CT molecular complexity index is 282. The van der Waals surface area contributed by atoms with Crippen LogP contribution in [0.4, 0.5) is 0 Å². The summed E-state index contributed by atoms with van der Waals surface area (Å²) in [4.78, 5) is 12.9. The molecule has 0 aromatic rings. The molecule has 0 fully saturated rings. The van der Waals surface area contributed by atoms with Gasteiger partial charge in [-0.1, -0.05) is 41.9 Å². The van der Waals surface area contributed by atoms with E-state index in [2.05, 4.69) is 29.8 Å². The molecule has 0 amide bonds. The Balaban J connectivity index is 2.98. The summed E-state index contributed by atoms with van der Waals surface area (Å²) in [5.74, 6) is 0.0741. The quantitative estimate of drug-likeness (QED) is 0.672. The summed E-state index contributed by atoms with van der Waals surface area (Å²) in [6.45, 7) is 4.13. The lowest BCUT2D eigenvalue weighted by Gasteiger charge is -2.19. The first-order valence-corrected chi connectivity index (χ1v) is 4.70. The predicted molar refractivity (Wildman–Crippen MR) is 54.1 cm³/mol. The van der Waals surface area contributed by atoms with Gasteiger partial charge >= 0.3 is 0 Å². The van der Waals surface area contributed by atoms with Crippen molar-refractivity contribution in [2.45, 2.75) is 13.8 Å². The number of hydrogen-bond acceptors (Lipinski definition) is 1. The van der Waals surface area contributed by atoms with Crippen LogP contribution in [0.5, 0.6) is 0 Å². The topological polar surface area (TPSA) is 17.1 Å². The maximum absolute atomic E-state index is 11.2. The molecule has 0 unspecified atom stereocenters. The molecule has 2 heteroatoms. The normalized spacial score (nSPS) is 21.6. The van der Waals surface area contributed by atoms with Crippen molar-refractivity contribution < 1.29 is 4.79 Å². The molecule has 0 N–H and O–H groups in total. The van der Waals surface area contributed by atoms with Crippen LogP contribution in [0.25, 0.3) is 0 Å². The summed E-state index contributed by atoms with van der Waals surface area (Å²) in [5.41, 5.74) is 0.745. The maximum Gasteiger partial charge on any atom is 0.185 e. The van der Waals surface area contributed by atoms with E-state index in [-0.39, 0.29) is 11.2 Å². The Hall–Kier alpha value is -0.630. The average Bonchev–Trinajstić information content (AvgIpc) is 1.97. The van der Waals surface area contributed by atoms with Crippen LogP contribution in [-0.4, -0.2) is 5.78 Å². The SMILES string of the molecule is CC1(C)C=CC(=O)C(C=CBr)=C1.